The molecule has 0 radical (unpaired) electrons. The minimum absolute atomic E-state index is 0.332. The molecule has 1 atom stereocenters. The average molecular weight is 215 g/mol. The molecule has 0 saturated heterocycles. The number of alkyl halides is 3. The molecular weight excluding hydrogens is 206 g/mol. The molecule has 0 fully saturated rings. The fourth-order valence-electron chi connectivity index (χ4n) is 0.472. The quantitative estimate of drug-likeness (QED) is 0.396. The molecule has 6 heteroatoms. The normalized spacial score (nSPS) is 13.5. The smallest absolute Gasteiger partial charge is 0.417 e. The summed E-state index contributed by atoms with van der Waals surface area (Å²) in [5.74, 6) is -1.79. The third-order valence-corrected chi connectivity index (χ3v) is 1.33. The van der Waals surface area contributed by atoms with Crippen molar-refractivity contribution in [2.75, 3.05) is 13.7 Å². The standard InChI is InChI=1S/C7H9ClF2O3/c1-3-5(12-2)4-13-6(11)7(8,9)10/h3,5H,1,4H2,2H3. The van der Waals surface area contributed by atoms with Crippen LogP contribution in [0.2, 0.25) is 0 Å². The zero-order valence-corrected chi connectivity index (χ0v) is 7.68. The Labute approximate surface area is 79.3 Å². The Balaban J connectivity index is 3.89. The fourth-order valence-corrected chi connectivity index (χ4v) is 0.527. The summed E-state index contributed by atoms with van der Waals surface area (Å²) in [7, 11) is 1.33. The van der Waals surface area contributed by atoms with Crippen LogP contribution >= 0.6 is 11.6 Å². The number of esters is 1. The van der Waals surface area contributed by atoms with Gasteiger partial charge in [0, 0.05) is 7.11 Å². The van der Waals surface area contributed by atoms with Crippen molar-refractivity contribution in [3.8, 4) is 0 Å². The molecular formula is C7H9ClF2O3. The number of hydrogen-bond donors (Lipinski definition) is 0. The van der Waals surface area contributed by atoms with Crippen molar-refractivity contribution in [1.29, 1.82) is 0 Å². The van der Waals surface area contributed by atoms with Crippen LogP contribution in [0.5, 0.6) is 0 Å². The van der Waals surface area contributed by atoms with E-state index in [1.54, 1.807) is 0 Å². The van der Waals surface area contributed by atoms with Crippen LogP contribution in [0.25, 0.3) is 0 Å². The molecule has 0 spiro atoms. The maximum atomic E-state index is 12.0. The summed E-state index contributed by atoms with van der Waals surface area (Å²) >= 11 is 4.38. The third-order valence-electron chi connectivity index (χ3n) is 1.18. The molecule has 0 aliphatic rings. The van der Waals surface area contributed by atoms with Gasteiger partial charge in [-0.2, -0.15) is 8.78 Å². The van der Waals surface area contributed by atoms with Crippen LogP contribution in [0.15, 0.2) is 12.7 Å². The van der Waals surface area contributed by atoms with E-state index in [-0.39, 0.29) is 6.61 Å². The van der Waals surface area contributed by atoms with Crippen LogP contribution in [0.1, 0.15) is 0 Å². The zero-order valence-electron chi connectivity index (χ0n) is 6.93. The third kappa shape index (κ3) is 4.80. The van der Waals surface area contributed by atoms with Gasteiger partial charge in [0.1, 0.15) is 12.7 Å². The van der Waals surface area contributed by atoms with Crippen molar-refractivity contribution in [3.05, 3.63) is 12.7 Å². The number of halogens is 3. The van der Waals surface area contributed by atoms with E-state index in [9.17, 15) is 13.6 Å². The Morgan fingerprint density at radius 3 is 2.62 bits per heavy atom. The minimum atomic E-state index is -3.99. The summed E-state index contributed by atoms with van der Waals surface area (Å²) in [6.07, 6.45) is 0.711. The first-order chi connectivity index (χ1) is 5.91. The van der Waals surface area contributed by atoms with Crippen molar-refractivity contribution in [3.63, 3.8) is 0 Å². The molecule has 0 bridgehead atoms. The molecule has 0 aromatic rings. The Bertz CT molecular complexity index is 191. The molecule has 0 N–H and O–H groups in total. The highest BCUT2D eigenvalue weighted by atomic mass is 35.5. The van der Waals surface area contributed by atoms with E-state index in [4.69, 9.17) is 0 Å². The van der Waals surface area contributed by atoms with Crippen LogP contribution < -0.4 is 0 Å². The number of ether oxygens (including phenoxy) is 2. The van der Waals surface area contributed by atoms with E-state index in [1.807, 2.05) is 0 Å². The van der Waals surface area contributed by atoms with Crippen molar-refractivity contribution in [2.24, 2.45) is 0 Å². The van der Waals surface area contributed by atoms with Crippen molar-refractivity contribution in [1.82, 2.24) is 0 Å². The van der Waals surface area contributed by atoms with Crippen LogP contribution in [0, 0.1) is 0 Å². The van der Waals surface area contributed by atoms with Gasteiger partial charge in [-0.05, 0) is 11.6 Å². The molecule has 0 heterocycles. The summed E-state index contributed by atoms with van der Waals surface area (Å²) in [6.45, 7) is 3.00. The van der Waals surface area contributed by atoms with E-state index in [0.717, 1.165) is 0 Å². The molecule has 3 nitrogen and oxygen atoms in total. The molecule has 0 aliphatic heterocycles. The average Bonchev–Trinajstić information content (AvgIpc) is 2.04. The molecule has 13 heavy (non-hydrogen) atoms. The predicted octanol–water partition coefficient (Wildman–Crippen LogP) is 1.56. The Morgan fingerprint density at radius 1 is 1.77 bits per heavy atom. The van der Waals surface area contributed by atoms with Crippen LogP contribution in [0.3, 0.4) is 0 Å². The lowest BCUT2D eigenvalue weighted by molar-refractivity contribution is -0.163. The lowest BCUT2D eigenvalue weighted by Gasteiger charge is -2.12. The van der Waals surface area contributed by atoms with Gasteiger partial charge < -0.3 is 9.47 Å². The Hall–Kier alpha value is -0.680. The molecule has 0 aromatic carbocycles. The number of rotatable bonds is 5. The number of carbonyl (C=O) groups is 1. The summed E-state index contributed by atoms with van der Waals surface area (Å²) < 4.78 is 32.8. The number of hydrogen-bond acceptors (Lipinski definition) is 3. The first-order valence-electron chi connectivity index (χ1n) is 3.31. The molecule has 76 valence electrons. The number of methoxy groups -OCH3 is 1. The summed E-state index contributed by atoms with van der Waals surface area (Å²) in [4.78, 5) is 10.4. The van der Waals surface area contributed by atoms with Gasteiger partial charge >= 0.3 is 11.4 Å². The monoisotopic (exact) mass is 214 g/mol. The molecule has 1 unspecified atom stereocenters. The van der Waals surface area contributed by atoms with Gasteiger partial charge in [0.15, 0.2) is 0 Å². The largest absolute Gasteiger partial charge is 0.457 e. The maximum absolute atomic E-state index is 12.0. The maximum Gasteiger partial charge on any atom is 0.417 e. The van der Waals surface area contributed by atoms with E-state index in [2.05, 4.69) is 27.7 Å². The lowest BCUT2D eigenvalue weighted by atomic mass is 10.4. The molecule has 0 saturated carbocycles. The second kappa shape index (κ2) is 5.14. The first kappa shape index (κ1) is 12.3. The van der Waals surface area contributed by atoms with Crippen LogP contribution in [-0.4, -0.2) is 31.2 Å². The second-order valence-electron chi connectivity index (χ2n) is 2.11. The highest BCUT2D eigenvalue weighted by molar-refractivity contribution is 6.31. The molecule has 0 amide bonds. The van der Waals surface area contributed by atoms with Crippen LogP contribution in [-0.2, 0) is 14.3 Å². The van der Waals surface area contributed by atoms with Gasteiger partial charge in [0.25, 0.3) is 0 Å². The first-order valence-corrected chi connectivity index (χ1v) is 3.69. The summed E-state index contributed by atoms with van der Waals surface area (Å²) in [6, 6.07) is 0. The molecule has 0 rings (SSSR count). The van der Waals surface area contributed by atoms with Gasteiger partial charge in [0.2, 0.25) is 0 Å². The van der Waals surface area contributed by atoms with E-state index < -0.39 is 17.5 Å². The highest BCUT2D eigenvalue weighted by Gasteiger charge is 2.38. The van der Waals surface area contributed by atoms with Crippen molar-refractivity contribution >= 4 is 17.6 Å². The van der Waals surface area contributed by atoms with Gasteiger partial charge in [-0.25, -0.2) is 4.79 Å². The van der Waals surface area contributed by atoms with Crippen LogP contribution in [0.4, 0.5) is 8.78 Å². The number of carbonyl (C=O) groups excluding carboxylic acids is 1. The Kier molecular flexibility index (Phi) is 4.87. The Morgan fingerprint density at radius 2 is 2.31 bits per heavy atom. The summed E-state index contributed by atoms with van der Waals surface area (Å²) in [5, 5.41) is -3.99. The van der Waals surface area contributed by atoms with Gasteiger partial charge in [-0.1, -0.05) is 6.08 Å². The second-order valence-corrected chi connectivity index (χ2v) is 2.58. The predicted molar refractivity (Wildman–Crippen MR) is 42.8 cm³/mol. The fraction of sp³-hybridized carbons (Fsp3) is 0.571. The van der Waals surface area contributed by atoms with Crippen molar-refractivity contribution in [2.45, 2.75) is 11.5 Å². The molecule has 0 aromatic heterocycles. The van der Waals surface area contributed by atoms with Crippen molar-refractivity contribution < 1.29 is 23.0 Å². The zero-order chi connectivity index (χ0) is 10.5. The van der Waals surface area contributed by atoms with Gasteiger partial charge in [-0.3, -0.25) is 0 Å². The topological polar surface area (TPSA) is 35.5 Å². The van der Waals surface area contributed by atoms with E-state index in [1.165, 1.54) is 13.2 Å². The van der Waals surface area contributed by atoms with E-state index in [0.29, 0.717) is 0 Å². The van der Waals surface area contributed by atoms with Gasteiger partial charge in [0.05, 0.1) is 0 Å². The van der Waals surface area contributed by atoms with E-state index >= 15 is 0 Å². The lowest BCUT2D eigenvalue weighted by Crippen LogP contribution is -2.28. The molecule has 0 aliphatic carbocycles. The summed E-state index contributed by atoms with van der Waals surface area (Å²) in [5.41, 5.74) is 0. The highest BCUT2D eigenvalue weighted by Crippen LogP contribution is 2.20. The minimum Gasteiger partial charge on any atom is -0.457 e. The van der Waals surface area contributed by atoms with Gasteiger partial charge in [-0.15, -0.1) is 6.58 Å². The SMILES string of the molecule is C=CC(COC(=O)C(F)(F)Cl)OC.